The van der Waals surface area contributed by atoms with Crippen LogP contribution in [-0.2, 0) is 11.0 Å². The Morgan fingerprint density at radius 3 is 2.15 bits per heavy atom. The number of benzene rings is 1. The van der Waals surface area contributed by atoms with Crippen molar-refractivity contribution in [1.82, 2.24) is 4.72 Å². The van der Waals surface area contributed by atoms with E-state index >= 15 is 0 Å². The van der Waals surface area contributed by atoms with Crippen LogP contribution in [0.15, 0.2) is 17.0 Å². The third-order valence-corrected chi connectivity index (χ3v) is 4.24. The Bertz CT molecular complexity index is 473. The summed E-state index contributed by atoms with van der Waals surface area (Å²) in [5.41, 5.74) is -0.255. The molecule has 0 spiro atoms. The highest BCUT2D eigenvalue weighted by Crippen LogP contribution is 2.34. The minimum absolute atomic E-state index is 0.125. The van der Waals surface area contributed by atoms with Crippen molar-refractivity contribution in [3.8, 4) is 0 Å². The number of halogens is 3. The van der Waals surface area contributed by atoms with Crippen molar-refractivity contribution in [3.63, 3.8) is 0 Å². The fraction of sp³-hybridized carbons (Fsp3) is 0.571. The zero-order valence-corrected chi connectivity index (χ0v) is 14.3. The lowest BCUT2D eigenvalue weighted by Crippen LogP contribution is -2.37. The van der Waals surface area contributed by atoms with Gasteiger partial charge in [-0.3, -0.25) is 0 Å². The molecule has 0 heterocycles. The van der Waals surface area contributed by atoms with Crippen LogP contribution in [-0.4, -0.2) is 9.75 Å². The van der Waals surface area contributed by atoms with Crippen LogP contribution < -0.4 is 4.72 Å². The Balaban J connectivity index is 0.00000172. The van der Waals surface area contributed by atoms with Gasteiger partial charge in [-0.15, -0.1) is 0 Å². The molecule has 0 radical (unpaired) electrons. The normalized spacial score (nSPS) is 12.9. The van der Waals surface area contributed by atoms with Gasteiger partial charge in [-0.05, 0) is 39.3 Å². The van der Waals surface area contributed by atoms with Gasteiger partial charge in [0.05, 0.1) is 9.92 Å². The molecule has 1 aromatic carbocycles. The van der Waals surface area contributed by atoms with E-state index in [9.17, 15) is 13.0 Å². The highest BCUT2D eigenvalue weighted by atomic mass is 35.5. The highest BCUT2D eigenvalue weighted by Gasteiger charge is 2.22. The lowest BCUT2D eigenvalue weighted by Gasteiger charge is -2.20. The molecular weight excluding hydrogens is 304 g/mol. The highest BCUT2D eigenvalue weighted by molar-refractivity contribution is 7.83. The van der Waals surface area contributed by atoms with E-state index in [2.05, 4.69) is 4.72 Å². The van der Waals surface area contributed by atoms with E-state index in [-0.39, 0.29) is 15.5 Å². The van der Waals surface area contributed by atoms with Crippen molar-refractivity contribution < 1.29 is 13.0 Å². The average Bonchev–Trinajstić information content (AvgIpc) is 2.28. The summed E-state index contributed by atoms with van der Waals surface area (Å²) in [6.07, 6.45) is -2.68. The molecule has 1 unspecified atom stereocenters. The maximum atomic E-state index is 12.9. The molecule has 1 aromatic rings. The van der Waals surface area contributed by atoms with Crippen molar-refractivity contribution in [1.29, 1.82) is 0 Å². The first-order valence-electron chi connectivity index (χ1n) is 6.40. The second-order valence-electron chi connectivity index (χ2n) is 5.03. The molecule has 0 aliphatic rings. The fourth-order valence-corrected chi connectivity index (χ4v) is 3.05. The first kappa shape index (κ1) is 19.5. The van der Waals surface area contributed by atoms with E-state index in [1.165, 1.54) is 12.1 Å². The maximum absolute atomic E-state index is 12.9. The van der Waals surface area contributed by atoms with E-state index in [1.54, 1.807) is 6.92 Å². The van der Waals surface area contributed by atoms with Crippen molar-refractivity contribution in [2.24, 2.45) is 0 Å². The van der Waals surface area contributed by atoms with E-state index in [0.29, 0.717) is 5.56 Å². The quantitative estimate of drug-likeness (QED) is 0.830. The van der Waals surface area contributed by atoms with Crippen molar-refractivity contribution in [2.75, 3.05) is 0 Å². The van der Waals surface area contributed by atoms with E-state index in [1.807, 2.05) is 34.6 Å². The van der Waals surface area contributed by atoms with Crippen LogP contribution in [0.25, 0.3) is 0 Å². The summed E-state index contributed by atoms with van der Waals surface area (Å²) in [5, 5.41) is -0.125. The minimum atomic E-state index is -2.68. The standard InChI is InChI=1S/C12H16ClF2NOS.C2H6/c1-7-5-6-8(10(13)9(7)11(14)15)18(17)16-12(2,3)4;1-2/h5-6,11,16H,1-4H3;1-2H3. The van der Waals surface area contributed by atoms with Gasteiger partial charge in [0.15, 0.2) is 0 Å². The smallest absolute Gasteiger partial charge is 0.237 e. The molecule has 0 aliphatic carbocycles. The summed E-state index contributed by atoms with van der Waals surface area (Å²) >= 11 is 5.92. The number of aryl methyl sites for hydroxylation is 1. The Kier molecular flexibility index (Phi) is 7.84. The van der Waals surface area contributed by atoms with Gasteiger partial charge in [-0.1, -0.05) is 31.5 Å². The lowest BCUT2D eigenvalue weighted by molar-refractivity contribution is 0.150. The molecule has 1 rings (SSSR count). The molecule has 6 heteroatoms. The number of nitrogens with one attached hydrogen (secondary N) is 1. The molecule has 0 saturated heterocycles. The van der Waals surface area contributed by atoms with Crippen molar-refractivity contribution in [3.05, 3.63) is 28.3 Å². The van der Waals surface area contributed by atoms with Gasteiger partial charge in [0, 0.05) is 11.1 Å². The average molecular weight is 326 g/mol. The largest absolute Gasteiger partial charge is 0.265 e. The van der Waals surface area contributed by atoms with Crippen LogP contribution in [0.4, 0.5) is 8.78 Å². The van der Waals surface area contributed by atoms with Gasteiger partial charge in [-0.25, -0.2) is 17.7 Å². The van der Waals surface area contributed by atoms with E-state index < -0.39 is 22.9 Å². The molecule has 0 aliphatic heterocycles. The molecule has 0 fully saturated rings. The summed E-state index contributed by atoms with van der Waals surface area (Å²) in [4.78, 5) is 0.187. The van der Waals surface area contributed by atoms with Gasteiger partial charge in [0.2, 0.25) is 0 Å². The third kappa shape index (κ3) is 5.46. The Hall–Kier alpha value is -0.520. The van der Waals surface area contributed by atoms with Crippen LogP contribution in [0.2, 0.25) is 5.02 Å². The van der Waals surface area contributed by atoms with Crippen LogP contribution in [0.1, 0.15) is 52.2 Å². The predicted octanol–water partition coefficient (Wildman–Crippen LogP) is 5.02. The van der Waals surface area contributed by atoms with Gasteiger partial charge in [0.1, 0.15) is 11.0 Å². The fourth-order valence-electron chi connectivity index (χ4n) is 1.41. The molecule has 0 aromatic heterocycles. The van der Waals surface area contributed by atoms with E-state index in [0.717, 1.165) is 0 Å². The topological polar surface area (TPSA) is 29.1 Å². The third-order valence-electron chi connectivity index (χ3n) is 2.18. The molecule has 116 valence electrons. The molecule has 0 bridgehead atoms. The zero-order chi connectivity index (χ0) is 16.1. The summed E-state index contributed by atoms with van der Waals surface area (Å²) in [6, 6.07) is 3.02. The summed E-state index contributed by atoms with van der Waals surface area (Å²) in [5.74, 6) is 0. The lowest BCUT2D eigenvalue weighted by atomic mass is 10.1. The molecule has 0 amide bonds. The van der Waals surface area contributed by atoms with Crippen molar-refractivity contribution in [2.45, 2.75) is 58.4 Å². The van der Waals surface area contributed by atoms with Gasteiger partial charge in [0.25, 0.3) is 6.43 Å². The number of alkyl halides is 2. The first-order valence-corrected chi connectivity index (χ1v) is 7.93. The minimum Gasteiger partial charge on any atom is -0.237 e. The monoisotopic (exact) mass is 325 g/mol. The number of rotatable bonds is 3. The Labute approximate surface area is 127 Å². The molecule has 2 nitrogen and oxygen atoms in total. The van der Waals surface area contributed by atoms with Gasteiger partial charge >= 0.3 is 0 Å². The summed E-state index contributed by atoms with van der Waals surface area (Å²) in [7, 11) is -1.61. The SMILES string of the molecule is CC.Cc1ccc(S(=O)NC(C)(C)C)c(Cl)c1C(F)F. The summed E-state index contributed by atoms with van der Waals surface area (Å²) in [6.45, 7) is 11.1. The Morgan fingerprint density at radius 2 is 1.75 bits per heavy atom. The zero-order valence-electron chi connectivity index (χ0n) is 12.7. The molecule has 1 N–H and O–H groups in total. The van der Waals surface area contributed by atoms with Crippen molar-refractivity contribution >= 4 is 22.6 Å². The Morgan fingerprint density at radius 1 is 1.25 bits per heavy atom. The number of hydrogen-bond acceptors (Lipinski definition) is 1. The molecule has 20 heavy (non-hydrogen) atoms. The van der Waals surface area contributed by atoms with Gasteiger partial charge in [-0.2, -0.15) is 0 Å². The molecule has 0 saturated carbocycles. The van der Waals surface area contributed by atoms with Crippen LogP contribution in [0.5, 0.6) is 0 Å². The second kappa shape index (κ2) is 8.05. The number of hydrogen-bond donors (Lipinski definition) is 1. The molecular formula is C14H22ClF2NOS. The first-order chi connectivity index (χ1) is 9.13. The predicted molar refractivity (Wildman–Crippen MR) is 81.8 cm³/mol. The summed E-state index contributed by atoms with van der Waals surface area (Å²) < 4.78 is 40.6. The van der Waals surface area contributed by atoms with Crippen LogP contribution >= 0.6 is 11.6 Å². The maximum Gasteiger partial charge on any atom is 0.265 e. The van der Waals surface area contributed by atoms with Crippen LogP contribution in [0.3, 0.4) is 0 Å². The van der Waals surface area contributed by atoms with Crippen LogP contribution in [0, 0.1) is 6.92 Å². The molecule has 1 atom stereocenters. The van der Waals surface area contributed by atoms with Gasteiger partial charge < -0.3 is 0 Å². The second-order valence-corrected chi connectivity index (χ2v) is 6.59. The van der Waals surface area contributed by atoms with E-state index in [4.69, 9.17) is 11.6 Å².